The topological polar surface area (TPSA) is 15.3 Å². The fourth-order valence-corrected chi connectivity index (χ4v) is 1.70. The summed E-state index contributed by atoms with van der Waals surface area (Å²) in [7, 11) is 0. The van der Waals surface area contributed by atoms with Crippen molar-refractivity contribution < 1.29 is 0 Å². The van der Waals surface area contributed by atoms with E-state index in [0.717, 1.165) is 13.0 Å². The van der Waals surface area contributed by atoms with Crippen molar-refractivity contribution in [1.82, 2.24) is 10.2 Å². The molecule has 1 saturated heterocycles. The Labute approximate surface area is 75.6 Å². The van der Waals surface area contributed by atoms with Crippen LogP contribution in [0, 0.1) is 0 Å². The fraction of sp³-hybridized carbons (Fsp3) is 0.800. The van der Waals surface area contributed by atoms with E-state index in [0.29, 0.717) is 6.04 Å². The molecule has 1 aliphatic heterocycles. The molecule has 0 bridgehead atoms. The average molecular weight is 168 g/mol. The number of nitrogens with zero attached hydrogens (tertiary/aromatic N) is 1. The molecule has 1 rings (SSSR count). The van der Waals surface area contributed by atoms with Gasteiger partial charge in [-0.1, -0.05) is 6.08 Å². The third-order valence-electron chi connectivity index (χ3n) is 2.51. The zero-order chi connectivity index (χ0) is 8.81. The molecule has 0 saturated carbocycles. The largest absolute Gasteiger partial charge is 0.315 e. The first-order chi connectivity index (χ1) is 5.84. The van der Waals surface area contributed by atoms with Crippen molar-refractivity contribution in [1.29, 1.82) is 0 Å². The molecule has 1 aliphatic rings. The van der Waals surface area contributed by atoms with Crippen molar-refractivity contribution in [2.24, 2.45) is 0 Å². The lowest BCUT2D eigenvalue weighted by Gasteiger charge is -2.26. The van der Waals surface area contributed by atoms with Gasteiger partial charge in [0.25, 0.3) is 0 Å². The van der Waals surface area contributed by atoms with Crippen LogP contribution in [0.25, 0.3) is 0 Å². The highest BCUT2D eigenvalue weighted by molar-refractivity contribution is 4.78. The van der Waals surface area contributed by atoms with E-state index < -0.39 is 0 Å². The summed E-state index contributed by atoms with van der Waals surface area (Å²) in [6.45, 7) is 10.8. The Bertz CT molecular complexity index is 126. The van der Waals surface area contributed by atoms with E-state index in [1.54, 1.807) is 0 Å². The molecule has 1 unspecified atom stereocenters. The summed E-state index contributed by atoms with van der Waals surface area (Å²) in [5.74, 6) is 0. The smallest absolute Gasteiger partial charge is 0.0110 e. The van der Waals surface area contributed by atoms with Crippen molar-refractivity contribution in [3.8, 4) is 0 Å². The molecular formula is C10H20N2. The molecule has 12 heavy (non-hydrogen) atoms. The molecule has 70 valence electrons. The second kappa shape index (κ2) is 5.33. The Morgan fingerprint density at radius 3 is 3.08 bits per heavy atom. The maximum absolute atomic E-state index is 3.78. The molecule has 0 spiro atoms. The molecule has 0 aliphatic carbocycles. The number of rotatable bonds is 3. The van der Waals surface area contributed by atoms with E-state index in [4.69, 9.17) is 0 Å². The summed E-state index contributed by atoms with van der Waals surface area (Å²) in [6, 6.07) is 0.669. The molecule has 1 N–H and O–H groups in total. The van der Waals surface area contributed by atoms with E-state index in [-0.39, 0.29) is 0 Å². The van der Waals surface area contributed by atoms with Crippen molar-refractivity contribution >= 4 is 0 Å². The third kappa shape index (κ3) is 2.95. The molecule has 0 amide bonds. The first-order valence-corrected chi connectivity index (χ1v) is 4.90. The van der Waals surface area contributed by atoms with Gasteiger partial charge in [0.1, 0.15) is 0 Å². The van der Waals surface area contributed by atoms with Crippen LogP contribution in [0.5, 0.6) is 0 Å². The zero-order valence-electron chi connectivity index (χ0n) is 8.05. The van der Waals surface area contributed by atoms with Crippen LogP contribution in [0.4, 0.5) is 0 Å². The van der Waals surface area contributed by atoms with Crippen molar-refractivity contribution in [2.45, 2.75) is 25.8 Å². The highest BCUT2D eigenvalue weighted by Crippen LogP contribution is 2.05. The highest BCUT2D eigenvalue weighted by atomic mass is 15.2. The maximum Gasteiger partial charge on any atom is 0.0110 e. The Morgan fingerprint density at radius 1 is 1.50 bits per heavy atom. The quantitative estimate of drug-likeness (QED) is 0.638. The molecule has 1 atom stereocenters. The van der Waals surface area contributed by atoms with Gasteiger partial charge in [-0.2, -0.15) is 0 Å². The predicted octanol–water partition coefficient (Wildman–Crippen LogP) is 1.25. The Hall–Kier alpha value is -0.340. The lowest BCUT2D eigenvalue weighted by atomic mass is 10.2. The Kier molecular flexibility index (Phi) is 4.33. The summed E-state index contributed by atoms with van der Waals surface area (Å²) in [6.07, 6.45) is 4.41. The van der Waals surface area contributed by atoms with Gasteiger partial charge < -0.3 is 5.32 Å². The van der Waals surface area contributed by atoms with Gasteiger partial charge >= 0.3 is 0 Å². The molecule has 1 heterocycles. The summed E-state index contributed by atoms with van der Waals surface area (Å²) in [5.41, 5.74) is 0. The minimum atomic E-state index is 0.669. The van der Waals surface area contributed by atoms with Crippen LogP contribution in [0.2, 0.25) is 0 Å². The van der Waals surface area contributed by atoms with Crippen LogP contribution in [-0.2, 0) is 0 Å². The van der Waals surface area contributed by atoms with Gasteiger partial charge in [-0.05, 0) is 32.9 Å². The second-order valence-corrected chi connectivity index (χ2v) is 3.51. The molecular weight excluding hydrogens is 148 g/mol. The maximum atomic E-state index is 3.78. The van der Waals surface area contributed by atoms with Crippen molar-refractivity contribution in [2.75, 3.05) is 26.2 Å². The van der Waals surface area contributed by atoms with Crippen LogP contribution in [0.1, 0.15) is 19.8 Å². The van der Waals surface area contributed by atoms with Crippen LogP contribution in [0.3, 0.4) is 0 Å². The van der Waals surface area contributed by atoms with E-state index in [1.165, 1.54) is 26.1 Å². The first kappa shape index (κ1) is 9.75. The summed E-state index contributed by atoms with van der Waals surface area (Å²) in [4.78, 5) is 2.54. The van der Waals surface area contributed by atoms with E-state index in [9.17, 15) is 0 Å². The van der Waals surface area contributed by atoms with Gasteiger partial charge in [0.05, 0.1) is 0 Å². The SMILES string of the molecule is C=CCC(C)N1CCCNCC1. The fourth-order valence-electron chi connectivity index (χ4n) is 1.70. The average Bonchev–Trinajstić information content (AvgIpc) is 2.32. The molecule has 0 radical (unpaired) electrons. The van der Waals surface area contributed by atoms with Gasteiger partial charge in [0.15, 0.2) is 0 Å². The van der Waals surface area contributed by atoms with Gasteiger partial charge in [-0.15, -0.1) is 6.58 Å². The lowest BCUT2D eigenvalue weighted by molar-refractivity contribution is 0.224. The monoisotopic (exact) mass is 168 g/mol. The number of hydrogen-bond donors (Lipinski definition) is 1. The van der Waals surface area contributed by atoms with Gasteiger partial charge in [0.2, 0.25) is 0 Å². The van der Waals surface area contributed by atoms with Crippen LogP contribution in [0.15, 0.2) is 12.7 Å². The molecule has 0 aromatic rings. The van der Waals surface area contributed by atoms with Gasteiger partial charge in [-0.25, -0.2) is 0 Å². The summed E-state index contributed by atoms with van der Waals surface area (Å²) in [5, 5.41) is 3.41. The van der Waals surface area contributed by atoms with Crippen LogP contribution >= 0.6 is 0 Å². The highest BCUT2D eigenvalue weighted by Gasteiger charge is 2.13. The minimum Gasteiger partial charge on any atom is -0.315 e. The summed E-state index contributed by atoms with van der Waals surface area (Å²) < 4.78 is 0. The third-order valence-corrected chi connectivity index (χ3v) is 2.51. The summed E-state index contributed by atoms with van der Waals surface area (Å²) >= 11 is 0. The normalized spacial score (nSPS) is 23.1. The Morgan fingerprint density at radius 2 is 2.33 bits per heavy atom. The standard InChI is InChI=1S/C10H20N2/c1-3-5-10(2)12-8-4-6-11-7-9-12/h3,10-11H,1,4-9H2,2H3. The molecule has 0 aromatic heterocycles. The predicted molar refractivity (Wildman–Crippen MR) is 53.3 cm³/mol. The minimum absolute atomic E-state index is 0.669. The number of hydrogen-bond acceptors (Lipinski definition) is 2. The Balaban J connectivity index is 2.31. The molecule has 2 heteroatoms. The molecule has 2 nitrogen and oxygen atoms in total. The van der Waals surface area contributed by atoms with Crippen LogP contribution < -0.4 is 5.32 Å². The zero-order valence-corrected chi connectivity index (χ0v) is 8.05. The lowest BCUT2D eigenvalue weighted by Crippen LogP contribution is -2.35. The number of nitrogens with one attached hydrogen (secondary N) is 1. The van der Waals surface area contributed by atoms with Gasteiger partial charge in [-0.3, -0.25) is 4.90 Å². The molecule has 0 aromatic carbocycles. The first-order valence-electron chi connectivity index (χ1n) is 4.90. The van der Waals surface area contributed by atoms with Crippen molar-refractivity contribution in [3.05, 3.63) is 12.7 Å². The van der Waals surface area contributed by atoms with Gasteiger partial charge in [0, 0.05) is 19.1 Å². The van der Waals surface area contributed by atoms with E-state index in [1.807, 2.05) is 6.08 Å². The van der Waals surface area contributed by atoms with E-state index >= 15 is 0 Å². The van der Waals surface area contributed by atoms with Crippen LogP contribution in [-0.4, -0.2) is 37.1 Å². The second-order valence-electron chi connectivity index (χ2n) is 3.51. The molecule has 1 fully saturated rings. The van der Waals surface area contributed by atoms with E-state index in [2.05, 4.69) is 23.7 Å². The van der Waals surface area contributed by atoms with Crippen molar-refractivity contribution in [3.63, 3.8) is 0 Å².